The monoisotopic (exact) mass is 295 g/mol. The van der Waals surface area contributed by atoms with Crippen LogP contribution in [0.15, 0.2) is 12.1 Å². The SMILES string of the molecule is CCCOC1C(O)CC1Oc1cc([N+](=O)[O-])c(C)cc1C. The molecule has 0 saturated heterocycles. The molecule has 6 heteroatoms. The summed E-state index contributed by atoms with van der Waals surface area (Å²) < 4.78 is 11.4. The molecule has 0 aromatic heterocycles. The highest BCUT2D eigenvalue weighted by Gasteiger charge is 2.43. The molecule has 0 spiro atoms. The van der Waals surface area contributed by atoms with Gasteiger partial charge in [-0.3, -0.25) is 10.1 Å². The van der Waals surface area contributed by atoms with Crippen LogP contribution in [0.1, 0.15) is 30.9 Å². The molecule has 0 aliphatic heterocycles. The van der Waals surface area contributed by atoms with Crippen molar-refractivity contribution in [3.05, 3.63) is 33.4 Å². The standard InChI is InChI=1S/C15H21NO5/c1-4-5-20-15-12(17)8-14(15)21-13-7-11(16(18)19)9(2)6-10(13)3/h6-7,12,14-15,17H,4-5,8H2,1-3H3. The van der Waals surface area contributed by atoms with E-state index in [1.165, 1.54) is 6.07 Å². The molecule has 0 amide bonds. The molecule has 1 N–H and O–H groups in total. The van der Waals surface area contributed by atoms with Crippen molar-refractivity contribution in [1.82, 2.24) is 0 Å². The zero-order valence-corrected chi connectivity index (χ0v) is 12.5. The maximum Gasteiger partial charge on any atom is 0.276 e. The van der Waals surface area contributed by atoms with E-state index in [0.717, 1.165) is 12.0 Å². The highest BCUT2D eigenvalue weighted by atomic mass is 16.6. The van der Waals surface area contributed by atoms with Gasteiger partial charge < -0.3 is 14.6 Å². The lowest BCUT2D eigenvalue weighted by atomic mass is 9.88. The van der Waals surface area contributed by atoms with Gasteiger partial charge in [0, 0.05) is 18.6 Å². The van der Waals surface area contributed by atoms with E-state index in [9.17, 15) is 15.2 Å². The first-order valence-corrected chi connectivity index (χ1v) is 7.16. The summed E-state index contributed by atoms with van der Waals surface area (Å²) >= 11 is 0. The maximum absolute atomic E-state index is 11.0. The van der Waals surface area contributed by atoms with Gasteiger partial charge in [0.1, 0.15) is 18.0 Å². The zero-order chi connectivity index (χ0) is 15.6. The number of aryl methyl sites for hydroxylation is 2. The van der Waals surface area contributed by atoms with Gasteiger partial charge in [0.2, 0.25) is 0 Å². The van der Waals surface area contributed by atoms with Gasteiger partial charge in [-0.05, 0) is 31.9 Å². The summed E-state index contributed by atoms with van der Waals surface area (Å²) in [5.74, 6) is 0.481. The zero-order valence-electron chi connectivity index (χ0n) is 12.5. The molecule has 3 unspecified atom stereocenters. The fourth-order valence-electron chi connectivity index (χ4n) is 2.45. The Kier molecular flexibility index (Phi) is 4.80. The normalized spacial score (nSPS) is 24.5. The molecule has 6 nitrogen and oxygen atoms in total. The van der Waals surface area contributed by atoms with Gasteiger partial charge in [0.05, 0.1) is 17.1 Å². The second kappa shape index (κ2) is 6.41. The van der Waals surface area contributed by atoms with Gasteiger partial charge in [0.15, 0.2) is 0 Å². The van der Waals surface area contributed by atoms with E-state index in [4.69, 9.17) is 9.47 Å². The van der Waals surface area contributed by atoms with Gasteiger partial charge in [-0.15, -0.1) is 0 Å². The van der Waals surface area contributed by atoms with E-state index < -0.39 is 11.0 Å². The molecule has 2 rings (SSSR count). The highest BCUT2D eigenvalue weighted by Crippen LogP contribution is 2.33. The van der Waals surface area contributed by atoms with Crippen molar-refractivity contribution in [2.24, 2.45) is 0 Å². The average Bonchev–Trinajstić information content (AvgIpc) is 2.40. The number of nitro groups is 1. The Balaban J connectivity index is 2.12. The number of aliphatic hydroxyl groups excluding tert-OH is 1. The van der Waals surface area contributed by atoms with Crippen molar-refractivity contribution in [2.45, 2.75) is 51.9 Å². The summed E-state index contributed by atoms with van der Waals surface area (Å²) in [5, 5.41) is 20.7. The molecule has 1 aliphatic rings. The predicted molar refractivity (Wildman–Crippen MR) is 77.6 cm³/mol. The summed E-state index contributed by atoms with van der Waals surface area (Å²) in [4.78, 5) is 10.6. The Morgan fingerprint density at radius 1 is 1.38 bits per heavy atom. The van der Waals surface area contributed by atoms with Gasteiger partial charge in [0.25, 0.3) is 5.69 Å². The summed E-state index contributed by atoms with van der Waals surface area (Å²) in [6.07, 6.45) is 0.208. The first-order valence-electron chi connectivity index (χ1n) is 7.16. The molecule has 0 bridgehead atoms. The van der Waals surface area contributed by atoms with Crippen molar-refractivity contribution in [1.29, 1.82) is 0 Å². The van der Waals surface area contributed by atoms with Crippen molar-refractivity contribution in [3.8, 4) is 5.75 Å². The number of hydrogen-bond acceptors (Lipinski definition) is 5. The van der Waals surface area contributed by atoms with E-state index in [0.29, 0.717) is 24.3 Å². The molecule has 0 heterocycles. The summed E-state index contributed by atoms with van der Waals surface area (Å²) in [6.45, 7) is 6.11. The molecule has 1 aliphatic carbocycles. The van der Waals surface area contributed by atoms with E-state index >= 15 is 0 Å². The third-order valence-corrected chi connectivity index (χ3v) is 3.70. The molecule has 0 radical (unpaired) electrons. The van der Waals surface area contributed by atoms with E-state index in [2.05, 4.69) is 0 Å². The van der Waals surface area contributed by atoms with Gasteiger partial charge >= 0.3 is 0 Å². The van der Waals surface area contributed by atoms with E-state index in [1.54, 1.807) is 13.0 Å². The number of aliphatic hydroxyl groups is 1. The Labute approximate surface area is 123 Å². The van der Waals surface area contributed by atoms with Crippen LogP contribution in [0.5, 0.6) is 5.75 Å². The average molecular weight is 295 g/mol. The molecular weight excluding hydrogens is 274 g/mol. The lowest BCUT2D eigenvalue weighted by Crippen LogP contribution is -2.55. The quantitative estimate of drug-likeness (QED) is 0.644. The molecule has 3 atom stereocenters. The largest absolute Gasteiger partial charge is 0.487 e. The minimum atomic E-state index is -0.526. The van der Waals surface area contributed by atoms with Crippen LogP contribution in [0, 0.1) is 24.0 Å². The van der Waals surface area contributed by atoms with Gasteiger partial charge in [-0.1, -0.05) is 6.92 Å². The van der Waals surface area contributed by atoms with Crippen LogP contribution in [-0.2, 0) is 4.74 Å². The summed E-state index contributed by atoms with van der Waals surface area (Å²) in [7, 11) is 0. The predicted octanol–water partition coefficient (Wildman–Crippen LogP) is 2.52. The minimum absolute atomic E-state index is 0.0431. The van der Waals surface area contributed by atoms with Crippen LogP contribution in [0.4, 0.5) is 5.69 Å². The van der Waals surface area contributed by atoms with Crippen LogP contribution in [0.2, 0.25) is 0 Å². The lowest BCUT2D eigenvalue weighted by molar-refractivity contribution is -0.385. The third-order valence-electron chi connectivity index (χ3n) is 3.70. The van der Waals surface area contributed by atoms with Crippen LogP contribution < -0.4 is 4.74 Å². The van der Waals surface area contributed by atoms with Crippen LogP contribution in [0.3, 0.4) is 0 Å². The first kappa shape index (κ1) is 15.7. The molecule has 1 fully saturated rings. The second-order valence-electron chi connectivity index (χ2n) is 5.46. The van der Waals surface area contributed by atoms with Crippen molar-refractivity contribution < 1.29 is 19.5 Å². The first-order chi connectivity index (χ1) is 9.93. The number of nitrogens with zero attached hydrogens (tertiary/aromatic N) is 1. The number of hydrogen-bond donors (Lipinski definition) is 1. The molecule has 1 saturated carbocycles. The van der Waals surface area contributed by atoms with Crippen LogP contribution >= 0.6 is 0 Å². The number of nitro benzene ring substituents is 1. The smallest absolute Gasteiger partial charge is 0.276 e. The number of benzene rings is 1. The van der Waals surface area contributed by atoms with Crippen molar-refractivity contribution in [3.63, 3.8) is 0 Å². The third kappa shape index (κ3) is 3.33. The number of ether oxygens (including phenoxy) is 2. The molecule has 1 aromatic carbocycles. The minimum Gasteiger partial charge on any atom is -0.487 e. The topological polar surface area (TPSA) is 81.8 Å². The summed E-state index contributed by atoms with van der Waals surface area (Å²) in [6, 6.07) is 3.19. The second-order valence-corrected chi connectivity index (χ2v) is 5.46. The molecule has 21 heavy (non-hydrogen) atoms. The Morgan fingerprint density at radius 2 is 2.10 bits per heavy atom. The van der Waals surface area contributed by atoms with Crippen LogP contribution in [0.25, 0.3) is 0 Å². The Hall–Kier alpha value is -1.66. The lowest BCUT2D eigenvalue weighted by Gasteiger charge is -2.41. The highest BCUT2D eigenvalue weighted by molar-refractivity contribution is 5.49. The summed E-state index contributed by atoms with van der Waals surface area (Å²) in [5.41, 5.74) is 1.49. The Bertz CT molecular complexity index is 531. The molecule has 1 aromatic rings. The van der Waals surface area contributed by atoms with Crippen LogP contribution in [-0.4, -0.2) is 34.9 Å². The maximum atomic E-state index is 11.0. The van der Waals surface area contributed by atoms with E-state index in [1.807, 2.05) is 13.8 Å². The molecule has 116 valence electrons. The van der Waals surface area contributed by atoms with Gasteiger partial charge in [-0.2, -0.15) is 0 Å². The fraction of sp³-hybridized carbons (Fsp3) is 0.600. The Morgan fingerprint density at radius 3 is 2.67 bits per heavy atom. The van der Waals surface area contributed by atoms with Gasteiger partial charge in [-0.25, -0.2) is 0 Å². The number of rotatable bonds is 6. The van der Waals surface area contributed by atoms with Crippen molar-refractivity contribution in [2.75, 3.05) is 6.61 Å². The fourth-order valence-corrected chi connectivity index (χ4v) is 2.45. The van der Waals surface area contributed by atoms with Crippen molar-refractivity contribution >= 4 is 5.69 Å². The molecular formula is C15H21NO5. The van der Waals surface area contributed by atoms with E-state index in [-0.39, 0.29) is 17.9 Å².